The van der Waals surface area contributed by atoms with Gasteiger partial charge in [-0.2, -0.15) is 5.10 Å². The van der Waals surface area contributed by atoms with Gasteiger partial charge in [0.2, 0.25) is 0 Å². The first-order valence-electron chi connectivity index (χ1n) is 8.80. The fraction of sp³-hybridized carbons (Fsp3) is 0.150. The van der Waals surface area contributed by atoms with Crippen LogP contribution in [0.3, 0.4) is 0 Å². The number of nitrogens with one attached hydrogen (secondary N) is 3. The first kappa shape index (κ1) is 21.3. The molecule has 2 aromatic carbocycles. The Labute approximate surface area is 176 Å². The smallest absolute Gasteiger partial charge is 0.272 e. The van der Waals surface area contributed by atoms with E-state index in [0.29, 0.717) is 18.7 Å². The van der Waals surface area contributed by atoms with Crippen LogP contribution >= 0.6 is 11.6 Å². The summed E-state index contributed by atoms with van der Waals surface area (Å²) in [5.41, 5.74) is 1.74. The number of hydrogen-bond donors (Lipinski definition) is 3. The Balaban J connectivity index is 1.60. The highest BCUT2D eigenvalue weighted by molar-refractivity contribution is 6.34. The van der Waals surface area contributed by atoms with Crippen LogP contribution in [0.1, 0.15) is 26.4 Å². The number of nitrogens with zero attached hydrogens (tertiary/aromatic N) is 2. The first-order valence-corrected chi connectivity index (χ1v) is 9.18. The van der Waals surface area contributed by atoms with Gasteiger partial charge in [0.1, 0.15) is 5.82 Å². The third kappa shape index (κ3) is 4.93. The largest absolute Gasteiger partial charge is 0.378 e. The Hall–Kier alpha value is -3.46. The Bertz CT molecular complexity index is 1080. The molecule has 7 nitrogen and oxygen atoms in total. The normalized spacial score (nSPS) is 10.6. The molecule has 0 bridgehead atoms. The lowest BCUT2D eigenvalue weighted by molar-refractivity contribution is 0.0945. The number of hydrogen-bond acceptors (Lipinski definition) is 4. The molecule has 0 saturated heterocycles. The highest BCUT2D eigenvalue weighted by Crippen LogP contribution is 2.21. The minimum absolute atomic E-state index is 0.0478. The quantitative estimate of drug-likeness (QED) is 0.518. The van der Waals surface area contributed by atoms with Crippen LogP contribution in [-0.2, 0) is 6.54 Å². The summed E-state index contributed by atoms with van der Waals surface area (Å²) in [6, 6.07) is 10.4. The van der Waals surface area contributed by atoms with Gasteiger partial charge in [-0.1, -0.05) is 23.7 Å². The van der Waals surface area contributed by atoms with Crippen molar-refractivity contribution in [3.05, 3.63) is 75.9 Å². The highest BCUT2D eigenvalue weighted by Gasteiger charge is 2.17. The summed E-state index contributed by atoms with van der Waals surface area (Å²) in [4.78, 5) is 26.5. The predicted molar refractivity (Wildman–Crippen MR) is 110 cm³/mol. The Morgan fingerprint density at radius 2 is 1.73 bits per heavy atom. The van der Waals surface area contributed by atoms with E-state index < -0.39 is 23.4 Å². The van der Waals surface area contributed by atoms with Crippen molar-refractivity contribution in [3.8, 4) is 0 Å². The maximum absolute atomic E-state index is 13.4. The maximum atomic E-state index is 13.4. The van der Waals surface area contributed by atoms with E-state index in [1.807, 2.05) is 43.3 Å². The van der Waals surface area contributed by atoms with Gasteiger partial charge in [0.05, 0.1) is 10.6 Å². The SMILES string of the molecule is CN(C)c1ccc(CNC(=O)c2cc(NC(=O)c3cc(F)c(F)cc3Cl)[nH]n2)cc1. The number of amides is 2. The predicted octanol–water partition coefficient (Wildman–Crippen LogP) is 3.59. The van der Waals surface area contributed by atoms with Crippen molar-refractivity contribution in [1.82, 2.24) is 15.5 Å². The lowest BCUT2D eigenvalue weighted by Crippen LogP contribution is -2.23. The van der Waals surface area contributed by atoms with Crippen molar-refractivity contribution in [2.24, 2.45) is 0 Å². The number of carbonyl (C=O) groups excluding carboxylic acids is 2. The summed E-state index contributed by atoms with van der Waals surface area (Å²) in [6.07, 6.45) is 0. The Kier molecular flexibility index (Phi) is 6.31. The number of carbonyl (C=O) groups is 2. The van der Waals surface area contributed by atoms with E-state index in [9.17, 15) is 18.4 Å². The molecule has 0 aliphatic heterocycles. The molecule has 0 radical (unpaired) electrons. The van der Waals surface area contributed by atoms with Gasteiger partial charge in [-0.15, -0.1) is 0 Å². The first-order chi connectivity index (χ1) is 14.2. The van der Waals surface area contributed by atoms with Gasteiger partial charge in [0.15, 0.2) is 17.3 Å². The van der Waals surface area contributed by atoms with E-state index >= 15 is 0 Å². The third-order valence-corrected chi connectivity index (χ3v) is 4.53. The number of anilines is 2. The van der Waals surface area contributed by atoms with Crippen LogP contribution in [0.5, 0.6) is 0 Å². The number of rotatable bonds is 6. The van der Waals surface area contributed by atoms with Gasteiger partial charge in [0, 0.05) is 32.4 Å². The zero-order valence-electron chi connectivity index (χ0n) is 16.1. The minimum atomic E-state index is -1.20. The van der Waals surface area contributed by atoms with Crippen LogP contribution in [0.4, 0.5) is 20.3 Å². The molecule has 0 unspecified atom stereocenters. The Morgan fingerprint density at radius 3 is 2.40 bits per heavy atom. The van der Waals surface area contributed by atoms with Gasteiger partial charge in [-0.25, -0.2) is 8.78 Å². The van der Waals surface area contributed by atoms with Crippen molar-refractivity contribution >= 4 is 34.9 Å². The van der Waals surface area contributed by atoms with E-state index in [4.69, 9.17) is 11.6 Å². The summed E-state index contributed by atoms with van der Waals surface area (Å²) in [5, 5.41) is 11.2. The third-order valence-electron chi connectivity index (χ3n) is 4.22. The van der Waals surface area contributed by atoms with Crippen molar-refractivity contribution < 1.29 is 18.4 Å². The number of halogens is 3. The molecular formula is C20H18ClF2N5O2. The number of benzene rings is 2. The van der Waals surface area contributed by atoms with E-state index in [1.165, 1.54) is 6.07 Å². The average Bonchev–Trinajstić information content (AvgIpc) is 3.17. The molecule has 3 N–H and O–H groups in total. The average molecular weight is 434 g/mol. The fourth-order valence-electron chi connectivity index (χ4n) is 2.57. The van der Waals surface area contributed by atoms with Crippen LogP contribution in [0.15, 0.2) is 42.5 Å². The van der Waals surface area contributed by atoms with Crippen molar-refractivity contribution in [3.63, 3.8) is 0 Å². The lowest BCUT2D eigenvalue weighted by Gasteiger charge is -2.12. The second-order valence-corrected chi connectivity index (χ2v) is 7.02. The topological polar surface area (TPSA) is 90.1 Å². The van der Waals surface area contributed by atoms with Gasteiger partial charge in [0.25, 0.3) is 11.8 Å². The molecule has 0 aliphatic carbocycles. The minimum Gasteiger partial charge on any atom is -0.378 e. The summed E-state index contributed by atoms with van der Waals surface area (Å²) in [7, 11) is 3.87. The maximum Gasteiger partial charge on any atom is 0.272 e. The molecule has 0 fully saturated rings. The zero-order chi connectivity index (χ0) is 21.8. The second kappa shape index (κ2) is 8.91. The van der Waals surface area contributed by atoms with Gasteiger partial charge < -0.3 is 15.5 Å². The molecule has 156 valence electrons. The monoisotopic (exact) mass is 433 g/mol. The van der Waals surface area contributed by atoms with Crippen LogP contribution in [-0.4, -0.2) is 36.1 Å². The van der Waals surface area contributed by atoms with Crippen LogP contribution in [0.25, 0.3) is 0 Å². The molecular weight excluding hydrogens is 416 g/mol. The zero-order valence-corrected chi connectivity index (χ0v) is 16.8. The summed E-state index contributed by atoms with van der Waals surface area (Å²) >= 11 is 5.78. The molecule has 30 heavy (non-hydrogen) atoms. The molecule has 1 heterocycles. The van der Waals surface area contributed by atoms with E-state index in [1.54, 1.807) is 0 Å². The highest BCUT2D eigenvalue weighted by atomic mass is 35.5. The van der Waals surface area contributed by atoms with Crippen LogP contribution < -0.4 is 15.5 Å². The summed E-state index contributed by atoms with van der Waals surface area (Å²) in [6.45, 7) is 0.297. The molecule has 0 aliphatic rings. The van der Waals surface area contributed by atoms with Crippen molar-refractivity contribution in [2.75, 3.05) is 24.3 Å². The second-order valence-electron chi connectivity index (χ2n) is 6.61. The van der Waals surface area contributed by atoms with Crippen LogP contribution in [0, 0.1) is 11.6 Å². The molecule has 2 amide bonds. The number of aromatic nitrogens is 2. The molecule has 0 saturated carbocycles. The number of H-pyrrole nitrogens is 1. The molecule has 1 aromatic heterocycles. The number of aromatic amines is 1. The van der Waals surface area contributed by atoms with Crippen molar-refractivity contribution in [1.29, 1.82) is 0 Å². The van der Waals surface area contributed by atoms with Crippen molar-refractivity contribution in [2.45, 2.75) is 6.54 Å². The van der Waals surface area contributed by atoms with Gasteiger partial charge in [-0.3, -0.25) is 14.7 Å². The summed E-state index contributed by atoms with van der Waals surface area (Å²) < 4.78 is 26.5. The van der Waals surface area contributed by atoms with E-state index in [2.05, 4.69) is 20.8 Å². The van der Waals surface area contributed by atoms with Gasteiger partial charge in [-0.05, 0) is 29.8 Å². The van der Waals surface area contributed by atoms with Crippen LogP contribution in [0.2, 0.25) is 5.02 Å². The standard InChI is InChI=1S/C20H18ClF2N5O2/c1-28(2)12-5-3-11(4-6-12)10-24-20(30)17-9-18(27-26-17)25-19(29)13-7-15(22)16(23)8-14(13)21/h3-9H,10H2,1-2H3,(H,24,30)(H2,25,26,27,29). The molecule has 3 rings (SSSR count). The lowest BCUT2D eigenvalue weighted by atomic mass is 10.2. The molecule has 0 spiro atoms. The van der Waals surface area contributed by atoms with E-state index in [-0.39, 0.29) is 22.1 Å². The van der Waals surface area contributed by atoms with Gasteiger partial charge >= 0.3 is 0 Å². The molecule has 10 heteroatoms. The molecule has 0 atom stereocenters. The summed E-state index contributed by atoms with van der Waals surface area (Å²) in [5.74, 6) is -3.49. The van der Waals surface area contributed by atoms with E-state index in [0.717, 1.165) is 11.3 Å². The molecule has 3 aromatic rings. The fourth-order valence-corrected chi connectivity index (χ4v) is 2.81. The Morgan fingerprint density at radius 1 is 1.07 bits per heavy atom.